The van der Waals surface area contributed by atoms with Gasteiger partial charge in [-0.05, 0) is 11.6 Å². The smallest absolute Gasteiger partial charge is 0.154 e. The number of carbonyl (C=O) groups is 1. The van der Waals surface area contributed by atoms with Gasteiger partial charge < -0.3 is 9.84 Å². The van der Waals surface area contributed by atoms with Crippen molar-refractivity contribution >= 4 is 12.4 Å². The van der Waals surface area contributed by atoms with Gasteiger partial charge in [0, 0.05) is 6.07 Å². The molecule has 0 aromatic heterocycles. The summed E-state index contributed by atoms with van der Waals surface area (Å²) in [5.41, 5.74) is 0.794. The van der Waals surface area contributed by atoms with Gasteiger partial charge in [-0.25, -0.2) is 0 Å². The predicted molar refractivity (Wildman–Crippen MR) is 50.1 cm³/mol. The van der Waals surface area contributed by atoms with Gasteiger partial charge in [-0.3, -0.25) is 4.79 Å². The molecule has 68 valence electrons. The molecule has 0 aliphatic heterocycles. The fourth-order valence-corrected chi connectivity index (χ4v) is 1.05. The van der Waals surface area contributed by atoms with Crippen LogP contribution in [0.2, 0.25) is 0 Å². The molecule has 0 atom stereocenters. The maximum absolute atomic E-state index is 10.6. The third-order valence-corrected chi connectivity index (χ3v) is 1.74. The van der Waals surface area contributed by atoms with Crippen LogP contribution in [0.25, 0.3) is 6.08 Å². The van der Waals surface area contributed by atoms with Crippen LogP contribution in [-0.2, 0) is 0 Å². The molecular weight excluding hydrogens is 168 g/mol. The van der Waals surface area contributed by atoms with Gasteiger partial charge in [0.2, 0.25) is 0 Å². The maximum Gasteiger partial charge on any atom is 0.154 e. The van der Waals surface area contributed by atoms with Gasteiger partial charge in [-0.1, -0.05) is 12.7 Å². The number of aldehydes is 1. The van der Waals surface area contributed by atoms with Gasteiger partial charge in [-0.15, -0.1) is 0 Å². The molecule has 0 saturated heterocycles. The number of rotatable bonds is 3. The molecule has 0 amide bonds. The van der Waals surface area contributed by atoms with E-state index in [0.717, 1.165) is 0 Å². The predicted octanol–water partition coefficient (Wildman–Crippen LogP) is 1.86. The number of methoxy groups -OCH3 is 1. The monoisotopic (exact) mass is 178 g/mol. The van der Waals surface area contributed by atoms with Crippen LogP contribution in [0, 0.1) is 0 Å². The molecule has 3 nitrogen and oxygen atoms in total. The molecule has 0 radical (unpaired) electrons. The van der Waals surface area contributed by atoms with E-state index in [2.05, 4.69) is 6.58 Å². The van der Waals surface area contributed by atoms with E-state index in [4.69, 9.17) is 4.74 Å². The second-order valence-electron chi connectivity index (χ2n) is 2.47. The Labute approximate surface area is 76.3 Å². The maximum atomic E-state index is 10.6. The number of phenolic OH excluding ortho intramolecular Hbond substituents is 1. The average molecular weight is 178 g/mol. The fourth-order valence-electron chi connectivity index (χ4n) is 1.05. The summed E-state index contributed by atoms with van der Waals surface area (Å²) in [6.07, 6.45) is 2.08. The molecule has 0 aliphatic rings. The highest BCUT2D eigenvalue weighted by molar-refractivity contribution is 5.86. The Bertz CT molecular complexity index is 342. The SMILES string of the molecule is C=Cc1cc(OC)cc(O)c1C=O. The molecule has 13 heavy (non-hydrogen) atoms. The third kappa shape index (κ3) is 1.69. The van der Waals surface area contributed by atoms with Crippen LogP contribution in [0.4, 0.5) is 0 Å². The summed E-state index contributed by atoms with van der Waals surface area (Å²) in [7, 11) is 1.49. The van der Waals surface area contributed by atoms with Crippen molar-refractivity contribution in [3.8, 4) is 11.5 Å². The average Bonchev–Trinajstić information content (AvgIpc) is 2.16. The zero-order valence-electron chi connectivity index (χ0n) is 7.28. The van der Waals surface area contributed by atoms with E-state index >= 15 is 0 Å². The quantitative estimate of drug-likeness (QED) is 0.718. The molecule has 1 aromatic rings. The van der Waals surface area contributed by atoms with Crippen LogP contribution in [0.15, 0.2) is 18.7 Å². The molecular formula is C10H10O3. The van der Waals surface area contributed by atoms with Crippen LogP contribution in [-0.4, -0.2) is 18.5 Å². The Balaban J connectivity index is 3.36. The number of hydrogen-bond acceptors (Lipinski definition) is 3. The van der Waals surface area contributed by atoms with Crippen molar-refractivity contribution in [3.63, 3.8) is 0 Å². The van der Waals surface area contributed by atoms with E-state index in [0.29, 0.717) is 17.6 Å². The molecule has 0 aliphatic carbocycles. The topological polar surface area (TPSA) is 46.5 Å². The van der Waals surface area contributed by atoms with Gasteiger partial charge in [0.25, 0.3) is 0 Å². The van der Waals surface area contributed by atoms with E-state index in [1.807, 2.05) is 0 Å². The lowest BCUT2D eigenvalue weighted by atomic mass is 10.1. The highest BCUT2D eigenvalue weighted by atomic mass is 16.5. The molecule has 1 N–H and O–H groups in total. The van der Waals surface area contributed by atoms with Crippen molar-refractivity contribution in [2.75, 3.05) is 7.11 Å². The van der Waals surface area contributed by atoms with E-state index in [-0.39, 0.29) is 11.3 Å². The standard InChI is InChI=1S/C10H10O3/c1-3-7-4-8(13-2)5-10(12)9(7)6-11/h3-6,12H,1H2,2H3. The second kappa shape index (κ2) is 3.76. The van der Waals surface area contributed by atoms with Crippen LogP contribution in [0.3, 0.4) is 0 Å². The van der Waals surface area contributed by atoms with Crippen LogP contribution >= 0.6 is 0 Å². The van der Waals surface area contributed by atoms with Crippen LogP contribution in [0.5, 0.6) is 11.5 Å². The summed E-state index contributed by atoms with van der Waals surface area (Å²) in [5.74, 6) is 0.405. The zero-order valence-corrected chi connectivity index (χ0v) is 7.28. The third-order valence-electron chi connectivity index (χ3n) is 1.74. The van der Waals surface area contributed by atoms with Crippen molar-refractivity contribution in [1.82, 2.24) is 0 Å². The Hall–Kier alpha value is -1.77. The lowest BCUT2D eigenvalue weighted by molar-refractivity contribution is 0.112. The fraction of sp³-hybridized carbons (Fsp3) is 0.100. The Morgan fingerprint density at radius 3 is 2.69 bits per heavy atom. The van der Waals surface area contributed by atoms with Crippen molar-refractivity contribution < 1.29 is 14.6 Å². The summed E-state index contributed by atoms with van der Waals surface area (Å²) in [5, 5.41) is 9.38. The molecule has 1 aromatic carbocycles. The minimum Gasteiger partial charge on any atom is -0.507 e. The Morgan fingerprint density at radius 1 is 1.54 bits per heavy atom. The summed E-state index contributed by atoms with van der Waals surface area (Å²) in [6, 6.07) is 3.02. The minimum atomic E-state index is -0.0933. The first kappa shape index (κ1) is 9.32. The van der Waals surface area contributed by atoms with E-state index in [9.17, 15) is 9.90 Å². The Kier molecular flexibility index (Phi) is 2.69. The van der Waals surface area contributed by atoms with E-state index in [1.54, 1.807) is 6.07 Å². The van der Waals surface area contributed by atoms with Crippen molar-refractivity contribution in [3.05, 3.63) is 29.8 Å². The number of phenols is 1. The lowest BCUT2D eigenvalue weighted by Crippen LogP contribution is -1.90. The van der Waals surface area contributed by atoms with Crippen LogP contribution < -0.4 is 4.74 Å². The van der Waals surface area contributed by atoms with E-state index < -0.39 is 0 Å². The molecule has 0 unspecified atom stereocenters. The summed E-state index contributed by atoms with van der Waals surface area (Å²) in [6.45, 7) is 3.53. The number of benzene rings is 1. The summed E-state index contributed by atoms with van der Waals surface area (Å²) >= 11 is 0. The van der Waals surface area contributed by atoms with Crippen LogP contribution in [0.1, 0.15) is 15.9 Å². The first-order chi connectivity index (χ1) is 6.22. The van der Waals surface area contributed by atoms with Crippen molar-refractivity contribution in [2.45, 2.75) is 0 Å². The Morgan fingerprint density at radius 2 is 2.23 bits per heavy atom. The van der Waals surface area contributed by atoms with E-state index in [1.165, 1.54) is 19.3 Å². The second-order valence-corrected chi connectivity index (χ2v) is 2.47. The highest BCUT2D eigenvalue weighted by Crippen LogP contribution is 2.26. The molecule has 0 heterocycles. The van der Waals surface area contributed by atoms with Gasteiger partial charge in [0.1, 0.15) is 11.5 Å². The van der Waals surface area contributed by atoms with Gasteiger partial charge in [0.15, 0.2) is 6.29 Å². The van der Waals surface area contributed by atoms with Crippen molar-refractivity contribution in [1.29, 1.82) is 0 Å². The molecule has 0 fully saturated rings. The lowest BCUT2D eigenvalue weighted by Gasteiger charge is -2.05. The molecule has 0 bridgehead atoms. The number of aromatic hydroxyl groups is 1. The largest absolute Gasteiger partial charge is 0.507 e. The summed E-state index contributed by atoms with van der Waals surface area (Å²) in [4.78, 5) is 10.6. The number of hydrogen-bond donors (Lipinski definition) is 1. The normalized spacial score (nSPS) is 9.31. The first-order valence-corrected chi connectivity index (χ1v) is 3.71. The molecule has 0 saturated carbocycles. The van der Waals surface area contributed by atoms with Gasteiger partial charge in [-0.2, -0.15) is 0 Å². The molecule has 1 rings (SSSR count). The number of ether oxygens (including phenoxy) is 1. The summed E-state index contributed by atoms with van der Waals surface area (Å²) < 4.78 is 4.91. The first-order valence-electron chi connectivity index (χ1n) is 3.71. The van der Waals surface area contributed by atoms with Gasteiger partial charge >= 0.3 is 0 Å². The minimum absolute atomic E-state index is 0.0933. The molecule has 3 heteroatoms. The zero-order chi connectivity index (χ0) is 9.84. The van der Waals surface area contributed by atoms with Crippen molar-refractivity contribution in [2.24, 2.45) is 0 Å². The van der Waals surface area contributed by atoms with Gasteiger partial charge in [0.05, 0.1) is 12.7 Å². The molecule has 0 spiro atoms. The number of carbonyl (C=O) groups excluding carboxylic acids is 1. The highest BCUT2D eigenvalue weighted by Gasteiger charge is 2.07.